The summed E-state index contributed by atoms with van der Waals surface area (Å²) in [7, 11) is 0. The lowest BCUT2D eigenvalue weighted by molar-refractivity contribution is -0.0503. The molecule has 172 valence electrons. The molecule has 0 radical (unpaired) electrons. The lowest BCUT2D eigenvalue weighted by atomic mass is 10.1. The van der Waals surface area contributed by atoms with Crippen LogP contribution in [0.5, 0.6) is 5.75 Å². The van der Waals surface area contributed by atoms with Gasteiger partial charge in [0, 0.05) is 31.1 Å². The average Bonchev–Trinajstić information content (AvgIpc) is 3.20. The van der Waals surface area contributed by atoms with Crippen LogP contribution in [0.25, 0.3) is 10.4 Å². The van der Waals surface area contributed by atoms with E-state index in [1.165, 1.54) is 46.6 Å². The number of aryl methyl sites for hydroxylation is 1. The van der Waals surface area contributed by atoms with Crippen molar-refractivity contribution in [3.63, 3.8) is 0 Å². The Kier molecular flexibility index (Phi) is 6.69. The van der Waals surface area contributed by atoms with Crippen molar-refractivity contribution in [1.29, 1.82) is 0 Å². The second-order valence-electron chi connectivity index (χ2n) is 7.59. The molecule has 0 atom stereocenters. The van der Waals surface area contributed by atoms with Crippen LogP contribution in [0, 0.1) is 12.7 Å². The summed E-state index contributed by atoms with van der Waals surface area (Å²) in [6.07, 6.45) is 0. The Hall–Kier alpha value is -3.33. The molecule has 1 saturated heterocycles. The molecule has 1 aliphatic rings. The largest absolute Gasteiger partial charge is 0.434 e. The first-order chi connectivity index (χ1) is 15.8. The normalized spacial score (nSPS) is 14.0. The number of halogens is 3. The molecule has 2 aromatic carbocycles. The molecule has 33 heavy (non-hydrogen) atoms. The van der Waals surface area contributed by atoms with E-state index in [1.807, 2.05) is 13.0 Å². The minimum absolute atomic E-state index is 0.0652. The summed E-state index contributed by atoms with van der Waals surface area (Å²) in [6.45, 7) is 0.0892. The lowest BCUT2D eigenvalue weighted by Gasteiger charge is -2.34. The molecule has 0 saturated carbocycles. The van der Waals surface area contributed by atoms with Crippen molar-refractivity contribution in [3.05, 3.63) is 76.4 Å². The summed E-state index contributed by atoms with van der Waals surface area (Å²) in [5.41, 5.74) is 1.84. The summed E-state index contributed by atoms with van der Waals surface area (Å²) in [5.74, 6) is -1.03. The van der Waals surface area contributed by atoms with Gasteiger partial charge in [0.1, 0.15) is 11.6 Å². The Morgan fingerprint density at radius 3 is 2.18 bits per heavy atom. The number of rotatable bonds is 5. The van der Waals surface area contributed by atoms with E-state index in [2.05, 4.69) is 4.74 Å². The Balaban J connectivity index is 1.42. The lowest BCUT2D eigenvalue weighted by Crippen LogP contribution is -2.50. The van der Waals surface area contributed by atoms with E-state index < -0.39 is 12.5 Å². The second-order valence-corrected chi connectivity index (χ2v) is 8.64. The van der Waals surface area contributed by atoms with Gasteiger partial charge in [0.2, 0.25) is 0 Å². The van der Waals surface area contributed by atoms with E-state index in [9.17, 15) is 22.8 Å². The van der Waals surface area contributed by atoms with Crippen molar-refractivity contribution in [3.8, 4) is 16.2 Å². The predicted octanol–water partition coefficient (Wildman–Crippen LogP) is 5.06. The van der Waals surface area contributed by atoms with E-state index in [0.29, 0.717) is 18.0 Å². The summed E-state index contributed by atoms with van der Waals surface area (Å²) in [4.78, 5) is 30.6. The molecular weight excluding hydrogens is 453 g/mol. The highest BCUT2D eigenvalue weighted by Gasteiger charge is 2.28. The highest BCUT2D eigenvalue weighted by molar-refractivity contribution is 7.17. The van der Waals surface area contributed by atoms with Crippen molar-refractivity contribution in [2.24, 2.45) is 0 Å². The van der Waals surface area contributed by atoms with Gasteiger partial charge in [-0.3, -0.25) is 9.59 Å². The molecule has 1 aromatic heterocycles. The van der Waals surface area contributed by atoms with Crippen LogP contribution in [0.2, 0.25) is 0 Å². The van der Waals surface area contributed by atoms with Crippen LogP contribution in [0.1, 0.15) is 25.6 Å². The number of hydrogen-bond donors (Lipinski definition) is 0. The number of thiophene rings is 1. The number of nitrogens with zero attached hydrogens (tertiary/aromatic N) is 2. The molecule has 2 heterocycles. The minimum Gasteiger partial charge on any atom is -0.434 e. The molecule has 1 aliphatic heterocycles. The zero-order valence-electron chi connectivity index (χ0n) is 17.8. The van der Waals surface area contributed by atoms with Gasteiger partial charge in [0.25, 0.3) is 11.8 Å². The van der Waals surface area contributed by atoms with Gasteiger partial charge in [-0.05, 0) is 48.4 Å². The Bertz CT molecular complexity index is 1160. The van der Waals surface area contributed by atoms with Crippen molar-refractivity contribution in [2.45, 2.75) is 13.5 Å². The van der Waals surface area contributed by atoms with Crippen LogP contribution in [0.4, 0.5) is 13.2 Å². The maximum Gasteiger partial charge on any atom is 0.387 e. The molecule has 0 unspecified atom stereocenters. The third-order valence-corrected chi connectivity index (χ3v) is 6.70. The van der Waals surface area contributed by atoms with Gasteiger partial charge in [0.15, 0.2) is 0 Å². The number of hydrogen-bond acceptors (Lipinski definition) is 4. The fraction of sp³-hybridized carbons (Fsp3) is 0.250. The number of alkyl halides is 2. The van der Waals surface area contributed by atoms with Crippen LogP contribution in [-0.2, 0) is 0 Å². The molecule has 4 rings (SSSR count). The highest BCUT2D eigenvalue weighted by Crippen LogP contribution is 2.33. The minimum atomic E-state index is -3.03. The van der Waals surface area contributed by atoms with Crippen molar-refractivity contribution in [2.75, 3.05) is 26.2 Å². The number of amides is 2. The van der Waals surface area contributed by atoms with Gasteiger partial charge < -0.3 is 14.5 Å². The summed E-state index contributed by atoms with van der Waals surface area (Å²) < 4.78 is 43.0. The maximum atomic E-state index is 13.2. The number of ether oxygens (including phenoxy) is 1. The molecule has 0 aliphatic carbocycles. The van der Waals surface area contributed by atoms with Crippen LogP contribution in [0.15, 0.2) is 54.6 Å². The third-order valence-electron chi connectivity index (χ3n) is 5.42. The Morgan fingerprint density at radius 2 is 1.55 bits per heavy atom. The summed E-state index contributed by atoms with van der Waals surface area (Å²) >= 11 is 1.35. The van der Waals surface area contributed by atoms with Gasteiger partial charge in [-0.2, -0.15) is 8.78 Å². The molecule has 3 aromatic rings. The molecule has 9 heteroatoms. The van der Waals surface area contributed by atoms with Gasteiger partial charge in [-0.1, -0.05) is 24.3 Å². The number of carbonyl (C=O) groups is 2. The summed E-state index contributed by atoms with van der Waals surface area (Å²) in [6, 6.07) is 13.8. The van der Waals surface area contributed by atoms with Gasteiger partial charge in [-0.15, -0.1) is 11.3 Å². The van der Waals surface area contributed by atoms with Crippen LogP contribution >= 0.6 is 11.3 Å². The SMILES string of the molecule is Cc1cc(C(=O)N2CCN(C(=O)c3ccccc3OC(F)F)CC2)sc1-c1ccc(F)cc1. The van der Waals surface area contributed by atoms with Crippen molar-refractivity contribution < 1.29 is 27.5 Å². The molecular formula is C24H21F3N2O3S. The van der Waals surface area contributed by atoms with E-state index in [1.54, 1.807) is 23.1 Å². The first-order valence-electron chi connectivity index (χ1n) is 10.3. The predicted molar refractivity (Wildman–Crippen MR) is 119 cm³/mol. The van der Waals surface area contributed by atoms with Gasteiger partial charge in [-0.25, -0.2) is 4.39 Å². The average molecular weight is 475 g/mol. The molecule has 0 bridgehead atoms. The number of benzene rings is 2. The van der Waals surface area contributed by atoms with E-state index in [0.717, 1.165) is 16.0 Å². The van der Waals surface area contributed by atoms with E-state index >= 15 is 0 Å². The van der Waals surface area contributed by atoms with Crippen LogP contribution in [0.3, 0.4) is 0 Å². The molecule has 1 fully saturated rings. The van der Waals surface area contributed by atoms with Gasteiger partial charge >= 0.3 is 6.61 Å². The smallest absolute Gasteiger partial charge is 0.387 e. The van der Waals surface area contributed by atoms with Crippen molar-refractivity contribution in [1.82, 2.24) is 9.80 Å². The van der Waals surface area contributed by atoms with E-state index in [4.69, 9.17) is 0 Å². The number of piperazine rings is 1. The monoisotopic (exact) mass is 474 g/mol. The number of carbonyl (C=O) groups excluding carboxylic acids is 2. The topological polar surface area (TPSA) is 49.9 Å². The molecule has 5 nitrogen and oxygen atoms in total. The molecule has 2 amide bonds. The van der Waals surface area contributed by atoms with Crippen LogP contribution in [-0.4, -0.2) is 54.4 Å². The fourth-order valence-corrected chi connectivity index (χ4v) is 4.90. The maximum absolute atomic E-state index is 13.2. The Labute approximate surface area is 193 Å². The fourth-order valence-electron chi connectivity index (χ4n) is 3.76. The van der Waals surface area contributed by atoms with Crippen LogP contribution < -0.4 is 4.74 Å². The second kappa shape index (κ2) is 9.66. The third kappa shape index (κ3) is 5.03. The zero-order valence-corrected chi connectivity index (χ0v) is 18.6. The first kappa shape index (κ1) is 22.8. The quantitative estimate of drug-likeness (QED) is 0.519. The standard InChI is InChI=1S/C24H21F3N2O3S/c1-15-14-20(33-21(15)16-6-8-17(25)9-7-16)23(31)29-12-10-28(11-13-29)22(30)18-4-2-3-5-19(18)32-24(26)27/h2-9,14,24H,10-13H2,1H3. The number of para-hydroxylation sites is 1. The summed E-state index contributed by atoms with van der Waals surface area (Å²) in [5, 5.41) is 0. The molecule has 0 N–H and O–H groups in total. The van der Waals surface area contributed by atoms with E-state index in [-0.39, 0.29) is 36.1 Å². The highest BCUT2D eigenvalue weighted by atomic mass is 32.1. The molecule has 0 spiro atoms. The van der Waals surface area contributed by atoms with Gasteiger partial charge in [0.05, 0.1) is 10.4 Å². The first-order valence-corrected chi connectivity index (χ1v) is 11.1. The van der Waals surface area contributed by atoms with Crippen molar-refractivity contribution >= 4 is 23.2 Å². The zero-order chi connectivity index (χ0) is 23.5. The Morgan fingerprint density at radius 1 is 0.939 bits per heavy atom.